The fraction of sp³-hybridized carbons (Fsp3) is 0.286. The topological polar surface area (TPSA) is 82.3 Å². The van der Waals surface area contributed by atoms with Crippen molar-refractivity contribution in [3.63, 3.8) is 0 Å². The molecule has 2 aromatic rings. The predicted octanol–water partition coefficient (Wildman–Crippen LogP) is 3.11. The standard InChI is InChI=1S/C14H13BrN2O4S/c1-3-20-13(19)11(8(2)18)22-14-17-16-12(21-14)9-6-4-5-7-10(9)15/h4-7,11H,3H2,1-2H3. The van der Waals surface area contributed by atoms with Gasteiger partial charge in [-0.15, -0.1) is 10.2 Å². The Morgan fingerprint density at radius 1 is 1.36 bits per heavy atom. The second kappa shape index (κ2) is 7.55. The predicted molar refractivity (Wildman–Crippen MR) is 84.4 cm³/mol. The number of hydrogen-bond acceptors (Lipinski definition) is 7. The molecule has 0 N–H and O–H groups in total. The first kappa shape index (κ1) is 16.7. The molecule has 1 aromatic heterocycles. The van der Waals surface area contributed by atoms with Crippen LogP contribution in [0.15, 0.2) is 38.4 Å². The molecule has 0 bridgehead atoms. The van der Waals surface area contributed by atoms with Crippen LogP contribution in [0.4, 0.5) is 0 Å². The lowest BCUT2D eigenvalue weighted by Crippen LogP contribution is -2.27. The smallest absolute Gasteiger partial charge is 0.327 e. The second-order valence-corrected chi connectivity index (χ2v) is 6.12. The molecule has 0 saturated heterocycles. The lowest BCUT2D eigenvalue weighted by atomic mass is 10.2. The van der Waals surface area contributed by atoms with Crippen molar-refractivity contribution in [1.29, 1.82) is 0 Å². The number of ketones is 1. The van der Waals surface area contributed by atoms with Gasteiger partial charge < -0.3 is 9.15 Å². The van der Waals surface area contributed by atoms with Crippen LogP contribution in [0, 0.1) is 0 Å². The third-order valence-corrected chi connectivity index (χ3v) is 4.42. The molecule has 22 heavy (non-hydrogen) atoms. The number of aromatic nitrogens is 2. The largest absolute Gasteiger partial charge is 0.465 e. The van der Waals surface area contributed by atoms with E-state index < -0.39 is 11.2 Å². The van der Waals surface area contributed by atoms with Gasteiger partial charge in [0.25, 0.3) is 5.22 Å². The minimum atomic E-state index is -1.01. The van der Waals surface area contributed by atoms with Crippen LogP contribution in [0.2, 0.25) is 0 Å². The molecule has 0 saturated carbocycles. The van der Waals surface area contributed by atoms with Gasteiger partial charge in [0.2, 0.25) is 5.89 Å². The molecule has 0 aliphatic rings. The summed E-state index contributed by atoms with van der Waals surface area (Å²) in [5.74, 6) is -0.633. The highest BCUT2D eigenvalue weighted by atomic mass is 79.9. The van der Waals surface area contributed by atoms with E-state index in [0.29, 0.717) is 5.89 Å². The Balaban J connectivity index is 2.19. The number of Topliss-reactive ketones (excluding diaryl/α,β-unsaturated/α-hetero) is 1. The SMILES string of the molecule is CCOC(=O)C(Sc1nnc(-c2ccccc2Br)o1)C(C)=O. The van der Waals surface area contributed by atoms with E-state index in [9.17, 15) is 9.59 Å². The zero-order valence-electron chi connectivity index (χ0n) is 11.9. The maximum absolute atomic E-state index is 11.8. The molecule has 0 aliphatic heterocycles. The Morgan fingerprint density at radius 2 is 2.09 bits per heavy atom. The number of nitrogens with zero attached hydrogens (tertiary/aromatic N) is 2. The lowest BCUT2D eigenvalue weighted by Gasteiger charge is -2.09. The van der Waals surface area contributed by atoms with Crippen molar-refractivity contribution in [1.82, 2.24) is 10.2 Å². The zero-order valence-corrected chi connectivity index (χ0v) is 14.3. The molecular weight excluding hydrogens is 372 g/mol. The molecule has 1 aromatic carbocycles. The van der Waals surface area contributed by atoms with Gasteiger partial charge in [-0.25, -0.2) is 0 Å². The molecule has 116 valence electrons. The van der Waals surface area contributed by atoms with E-state index in [1.54, 1.807) is 6.92 Å². The number of esters is 1. The summed E-state index contributed by atoms with van der Waals surface area (Å²) in [6, 6.07) is 7.38. The van der Waals surface area contributed by atoms with Gasteiger partial charge in [-0.2, -0.15) is 0 Å². The Hall–Kier alpha value is -1.67. The summed E-state index contributed by atoms with van der Waals surface area (Å²) in [5.41, 5.74) is 0.734. The third-order valence-electron chi connectivity index (χ3n) is 2.60. The Kier molecular flexibility index (Phi) is 5.73. The quantitative estimate of drug-likeness (QED) is 0.429. The molecule has 2 rings (SSSR count). The summed E-state index contributed by atoms with van der Waals surface area (Å²) < 4.78 is 11.2. The molecular formula is C14H13BrN2O4S. The van der Waals surface area contributed by atoms with Gasteiger partial charge in [0.05, 0.1) is 12.2 Å². The first-order valence-electron chi connectivity index (χ1n) is 6.45. The first-order valence-corrected chi connectivity index (χ1v) is 8.12. The summed E-state index contributed by atoms with van der Waals surface area (Å²) in [6.45, 7) is 3.20. The maximum atomic E-state index is 11.8. The van der Waals surface area contributed by atoms with E-state index in [0.717, 1.165) is 21.8 Å². The summed E-state index contributed by atoms with van der Waals surface area (Å²) >= 11 is 4.28. The highest BCUT2D eigenvalue weighted by Gasteiger charge is 2.28. The molecule has 8 heteroatoms. The van der Waals surface area contributed by atoms with Gasteiger partial charge in [-0.3, -0.25) is 9.59 Å². The normalized spacial score (nSPS) is 12.0. The molecule has 1 atom stereocenters. The van der Waals surface area contributed by atoms with Crippen molar-refractivity contribution >= 4 is 39.4 Å². The average molecular weight is 385 g/mol. The summed E-state index contributed by atoms with van der Waals surface area (Å²) in [7, 11) is 0. The minimum Gasteiger partial charge on any atom is -0.465 e. The highest BCUT2D eigenvalue weighted by molar-refractivity contribution is 9.10. The van der Waals surface area contributed by atoms with Crippen molar-refractivity contribution in [2.75, 3.05) is 6.61 Å². The number of carbonyl (C=O) groups excluding carboxylic acids is 2. The van der Waals surface area contributed by atoms with Crippen LogP contribution in [0.5, 0.6) is 0 Å². The van der Waals surface area contributed by atoms with Gasteiger partial charge >= 0.3 is 5.97 Å². The second-order valence-electron chi connectivity index (χ2n) is 4.21. The van der Waals surface area contributed by atoms with Crippen LogP contribution >= 0.6 is 27.7 Å². The van der Waals surface area contributed by atoms with Gasteiger partial charge in [0.15, 0.2) is 11.0 Å². The van der Waals surface area contributed by atoms with Crippen LogP contribution in [-0.4, -0.2) is 33.8 Å². The van der Waals surface area contributed by atoms with Crippen LogP contribution in [0.3, 0.4) is 0 Å². The Morgan fingerprint density at radius 3 is 2.73 bits per heavy atom. The van der Waals surface area contributed by atoms with E-state index in [1.165, 1.54) is 6.92 Å². The van der Waals surface area contributed by atoms with E-state index in [2.05, 4.69) is 26.1 Å². The monoisotopic (exact) mass is 384 g/mol. The number of benzene rings is 1. The van der Waals surface area contributed by atoms with E-state index >= 15 is 0 Å². The lowest BCUT2D eigenvalue weighted by molar-refractivity contribution is -0.144. The number of thioether (sulfide) groups is 1. The van der Waals surface area contributed by atoms with Crippen LogP contribution in [0.25, 0.3) is 11.5 Å². The summed E-state index contributed by atoms with van der Waals surface area (Å²) in [5, 5.41) is 6.93. The summed E-state index contributed by atoms with van der Waals surface area (Å²) in [6.07, 6.45) is 0. The third kappa shape index (κ3) is 3.95. The fourth-order valence-electron chi connectivity index (χ4n) is 1.62. The van der Waals surface area contributed by atoms with E-state index in [-0.39, 0.29) is 17.6 Å². The Labute approximate surface area is 139 Å². The molecule has 1 unspecified atom stereocenters. The molecule has 0 radical (unpaired) electrons. The van der Waals surface area contributed by atoms with E-state index in [4.69, 9.17) is 9.15 Å². The number of hydrogen-bond donors (Lipinski definition) is 0. The van der Waals surface area contributed by atoms with Crippen LogP contribution in [0.1, 0.15) is 13.8 Å². The van der Waals surface area contributed by atoms with Gasteiger partial charge in [-0.1, -0.05) is 12.1 Å². The number of ether oxygens (including phenoxy) is 1. The van der Waals surface area contributed by atoms with Crippen molar-refractivity contribution < 1.29 is 18.7 Å². The van der Waals surface area contributed by atoms with Gasteiger partial charge in [-0.05, 0) is 53.7 Å². The molecule has 6 nitrogen and oxygen atoms in total. The van der Waals surface area contributed by atoms with E-state index in [1.807, 2.05) is 24.3 Å². The minimum absolute atomic E-state index is 0.138. The summed E-state index contributed by atoms with van der Waals surface area (Å²) in [4.78, 5) is 23.3. The van der Waals surface area contributed by atoms with Crippen molar-refractivity contribution in [3.05, 3.63) is 28.7 Å². The number of halogens is 1. The van der Waals surface area contributed by atoms with Crippen LogP contribution < -0.4 is 0 Å². The molecule has 0 amide bonds. The first-order chi connectivity index (χ1) is 10.5. The Bertz CT molecular complexity index is 689. The molecule has 0 spiro atoms. The van der Waals surface area contributed by atoms with Crippen molar-refractivity contribution in [2.24, 2.45) is 0 Å². The van der Waals surface area contributed by atoms with Crippen LogP contribution in [-0.2, 0) is 14.3 Å². The number of carbonyl (C=O) groups is 2. The average Bonchev–Trinajstić information content (AvgIpc) is 2.93. The van der Waals surface area contributed by atoms with Crippen molar-refractivity contribution in [3.8, 4) is 11.5 Å². The fourth-order valence-corrected chi connectivity index (χ4v) is 2.82. The zero-order chi connectivity index (χ0) is 16.1. The highest BCUT2D eigenvalue weighted by Crippen LogP contribution is 2.30. The maximum Gasteiger partial charge on any atom is 0.327 e. The molecule has 1 heterocycles. The molecule has 0 aliphatic carbocycles. The molecule has 0 fully saturated rings. The van der Waals surface area contributed by atoms with Crippen molar-refractivity contribution in [2.45, 2.75) is 24.3 Å². The van der Waals surface area contributed by atoms with Gasteiger partial charge in [0, 0.05) is 4.47 Å². The number of rotatable bonds is 6. The van der Waals surface area contributed by atoms with Gasteiger partial charge in [0.1, 0.15) is 0 Å².